The van der Waals surface area contributed by atoms with Gasteiger partial charge in [-0.1, -0.05) is 0 Å². The quantitative estimate of drug-likeness (QED) is 0.452. The number of anilines is 1. The number of carbonyl (C=O) groups is 1. The van der Waals surface area contributed by atoms with Crippen LogP contribution in [0.25, 0.3) is 11.2 Å². The maximum Gasteiger partial charge on any atom is 0.228 e. The number of nitrogens with one attached hydrogen (secondary N) is 2. The maximum absolute atomic E-state index is 12.4. The van der Waals surface area contributed by atoms with E-state index in [2.05, 4.69) is 37.4 Å². The molecule has 4 N–H and O–H groups in total. The van der Waals surface area contributed by atoms with E-state index in [0.29, 0.717) is 22.7 Å². The highest BCUT2D eigenvalue weighted by molar-refractivity contribution is 5.85. The number of nitrogens with zero attached hydrogens (tertiary/aromatic N) is 4. The number of hydrogen-bond acceptors (Lipinski definition) is 8. The van der Waals surface area contributed by atoms with Crippen molar-refractivity contribution < 1.29 is 19.4 Å². The van der Waals surface area contributed by atoms with Gasteiger partial charge in [0.25, 0.3) is 0 Å². The van der Waals surface area contributed by atoms with E-state index in [1.54, 1.807) is 30.7 Å². The van der Waals surface area contributed by atoms with Crippen molar-refractivity contribution in [2.24, 2.45) is 5.41 Å². The lowest BCUT2D eigenvalue weighted by atomic mass is 9.85. The highest BCUT2D eigenvalue weighted by Gasteiger charge is 2.54. The zero-order valence-corrected chi connectivity index (χ0v) is 16.7. The van der Waals surface area contributed by atoms with Gasteiger partial charge in [-0.2, -0.15) is 0 Å². The van der Waals surface area contributed by atoms with Crippen LogP contribution in [-0.4, -0.2) is 61.9 Å². The van der Waals surface area contributed by atoms with Crippen molar-refractivity contribution in [3.8, 4) is 11.8 Å². The predicted octanol–water partition coefficient (Wildman–Crippen LogP) is 0.280. The van der Waals surface area contributed by atoms with Gasteiger partial charge in [-0.05, 0) is 37.3 Å². The highest BCUT2D eigenvalue weighted by Crippen LogP contribution is 2.45. The summed E-state index contributed by atoms with van der Waals surface area (Å²) in [5, 5.41) is 26.8. The minimum Gasteiger partial charge on any atom is -0.456 e. The van der Waals surface area contributed by atoms with Gasteiger partial charge in [-0.15, -0.1) is 0 Å². The summed E-state index contributed by atoms with van der Waals surface area (Å²) in [5.41, 5.74) is -0.206. The van der Waals surface area contributed by atoms with Gasteiger partial charge in [0.1, 0.15) is 6.10 Å². The van der Waals surface area contributed by atoms with E-state index in [1.807, 2.05) is 0 Å². The molecule has 1 amide bonds. The van der Waals surface area contributed by atoms with Crippen LogP contribution in [0.4, 0.5) is 5.82 Å². The van der Waals surface area contributed by atoms with Gasteiger partial charge in [0, 0.05) is 14.1 Å². The summed E-state index contributed by atoms with van der Waals surface area (Å²) >= 11 is 0. The zero-order valence-electron chi connectivity index (χ0n) is 16.7. The molecule has 0 saturated heterocycles. The van der Waals surface area contributed by atoms with Crippen LogP contribution in [0.1, 0.15) is 31.0 Å². The Balaban J connectivity index is 1.78. The van der Waals surface area contributed by atoms with Gasteiger partial charge in [-0.3, -0.25) is 4.79 Å². The first-order valence-corrected chi connectivity index (χ1v) is 9.45. The van der Waals surface area contributed by atoms with E-state index in [-0.39, 0.29) is 18.2 Å². The number of hydrogen-bond donors (Lipinski definition) is 4. The summed E-state index contributed by atoms with van der Waals surface area (Å²) in [6.45, 7) is 1.63. The summed E-state index contributed by atoms with van der Waals surface area (Å²) < 4.78 is 6.87. The lowest BCUT2D eigenvalue weighted by molar-refractivity contribution is -0.136. The molecule has 3 aromatic heterocycles. The van der Waals surface area contributed by atoms with Crippen LogP contribution in [-0.2, 0) is 4.79 Å². The van der Waals surface area contributed by atoms with Crippen LogP contribution in [0.15, 0.2) is 29.1 Å². The molecule has 156 valence electrons. The molecule has 4 rings (SSSR count). The van der Waals surface area contributed by atoms with E-state index in [9.17, 15) is 15.0 Å². The number of furan rings is 1. The molecule has 0 aliphatic heterocycles. The van der Waals surface area contributed by atoms with E-state index in [0.717, 1.165) is 0 Å². The minimum atomic E-state index is -1.23. The Labute approximate surface area is 172 Å². The fourth-order valence-corrected chi connectivity index (χ4v) is 3.90. The summed E-state index contributed by atoms with van der Waals surface area (Å²) in [5.74, 6) is 6.57. The molecular formula is C20H22N6O4. The van der Waals surface area contributed by atoms with E-state index < -0.39 is 23.7 Å². The minimum absolute atomic E-state index is 0.215. The molecule has 4 atom stereocenters. The second-order valence-corrected chi connectivity index (χ2v) is 7.40. The average molecular weight is 410 g/mol. The molecule has 10 nitrogen and oxygen atoms in total. The van der Waals surface area contributed by atoms with Crippen molar-refractivity contribution in [2.45, 2.75) is 31.6 Å². The number of imidazole rings is 1. The van der Waals surface area contributed by atoms with Crippen LogP contribution >= 0.6 is 0 Å². The third-order valence-corrected chi connectivity index (χ3v) is 5.58. The second kappa shape index (κ2) is 7.44. The molecule has 1 unspecified atom stereocenters. The zero-order chi connectivity index (χ0) is 21.5. The highest BCUT2D eigenvalue weighted by atomic mass is 16.3. The van der Waals surface area contributed by atoms with Crippen molar-refractivity contribution in [2.75, 3.05) is 19.4 Å². The monoisotopic (exact) mass is 410 g/mol. The van der Waals surface area contributed by atoms with Crippen LogP contribution in [0.5, 0.6) is 0 Å². The number of carbonyl (C=O) groups excluding carboxylic acids is 1. The number of aromatic nitrogens is 4. The van der Waals surface area contributed by atoms with Crippen molar-refractivity contribution in [3.63, 3.8) is 0 Å². The molecule has 3 heterocycles. The van der Waals surface area contributed by atoms with Gasteiger partial charge in [0.05, 0.1) is 30.2 Å². The Bertz CT molecular complexity index is 1150. The van der Waals surface area contributed by atoms with E-state index in [4.69, 9.17) is 4.42 Å². The van der Waals surface area contributed by atoms with E-state index in [1.165, 1.54) is 19.6 Å². The molecular weight excluding hydrogens is 388 g/mol. The van der Waals surface area contributed by atoms with Crippen molar-refractivity contribution in [1.82, 2.24) is 24.8 Å². The van der Waals surface area contributed by atoms with Gasteiger partial charge in [-0.25, -0.2) is 15.0 Å². The third-order valence-electron chi connectivity index (χ3n) is 5.58. The first-order valence-electron chi connectivity index (χ1n) is 9.45. The topological polar surface area (TPSA) is 138 Å². The van der Waals surface area contributed by atoms with Crippen LogP contribution in [0.3, 0.4) is 0 Å². The number of rotatable bonds is 3. The number of aliphatic hydroxyl groups is 2. The second-order valence-electron chi connectivity index (χ2n) is 7.40. The first kappa shape index (κ1) is 19.9. The average Bonchev–Trinajstić information content (AvgIpc) is 3.47. The Hall–Kier alpha value is -3.42. The maximum atomic E-state index is 12.4. The van der Waals surface area contributed by atoms with Crippen LogP contribution < -0.4 is 10.6 Å². The molecule has 3 aromatic rings. The first-order chi connectivity index (χ1) is 14.4. The normalized spacial score (nSPS) is 25.7. The van der Waals surface area contributed by atoms with Gasteiger partial charge >= 0.3 is 0 Å². The number of amides is 1. The van der Waals surface area contributed by atoms with Gasteiger partial charge < -0.3 is 29.8 Å². The third kappa shape index (κ3) is 3.08. The van der Waals surface area contributed by atoms with Crippen molar-refractivity contribution in [1.29, 1.82) is 0 Å². The lowest BCUT2D eigenvalue weighted by Gasteiger charge is -2.26. The number of fused-ring (bicyclic) bond motifs is 1. The van der Waals surface area contributed by atoms with Gasteiger partial charge in [0.15, 0.2) is 22.7 Å². The fourth-order valence-electron chi connectivity index (χ4n) is 3.90. The molecule has 30 heavy (non-hydrogen) atoms. The molecule has 0 aromatic carbocycles. The molecule has 10 heteroatoms. The molecule has 0 spiro atoms. The Kier molecular flexibility index (Phi) is 4.93. The summed E-state index contributed by atoms with van der Waals surface area (Å²) in [7, 11) is 3.21. The van der Waals surface area contributed by atoms with Crippen molar-refractivity contribution >= 4 is 22.9 Å². The standard InChI is InChI=1S/C20H22N6O4/c1-20(19(29)22-3)9-12(15(27)16(20)28)26-10-23-14-17(21-2)24-13(25-18(14)26)7-6-11-5-4-8-30-11/h4-5,8,10,12,15-16,27-28H,9H2,1-3H3,(H,22,29)(H,21,24,25)/t12-,15+,16+,20?/m1/s1. The van der Waals surface area contributed by atoms with Crippen molar-refractivity contribution in [3.05, 3.63) is 36.3 Å². The smallest absolute Gasteiger partial charge is 0.228 e. The van der Waals surface area contributed by atoms with E-state index >= 15 is 0 Å². The number of aliphatic hydroxyl groups excluding tert-OH is 2. The Morgan fingerprint density at radius 3 is 2.80 bits per heavy atom. The van der Waals surface area contributed by atoms with Gasteiger partial charge in [0.2, 0.25) is 11.7 Å². The molecule has 1 aliphatic rings. The fraction of sp³-hybridized carbons (Fsp3) is 0.400. The van der Waals surface area contributed by atoms with Crippen LogP contribution in [0.2, 0.25) is 0 Å². The largest absolute Gasteiger partial charge is 0.456 e. The SMILES string of the molecule is CNC(=O)C1(C)C[C@@H](n2cnc3c(NC)nc(C#Cc4ccco4)nc32)[C@H](O)[C@@H]1O. The molecule has 1 saturated carbocycles. The Morgan fingerprint density at radius 1 is 1.33 bits per heavy atom. The summed E-state index contributed by atoms with van der Waals surface area (Å²) in [6, 6.07) is 2.86. The summed E-state index contributed by atoms with van der Waals surface area (Å²) in [4.78, 5) is 25.6. The Morgan fingerprint density at radius 2 is 2.13 bits per heavy atom. The summed E-state index contributed by atoms with van der Waals surface area (Å²) in [6.07, 6.45) is 0.866. The predicted molar refractivity (Wildman–Crippen MR) is 107 cm³/mol. The molecule has 0 bridgehead atoms. The molecule has 1 aliphatic carbocycles. The molecule has 1 fully saturated rings. The molecule has 0 radical (unpaired) electrons. The van der Waals surface area contributed by atoms with Crippen LogP contribution in [0, 0.1) is 17.3 Å². The lowest BCUT2D eigenvalue weighted by Crippen LogP contribution is -2.45.